The Labute approximate surface area is 80.1 Å². The van der Waals surface area contributed by atoms with Gasteiger partial charge in [0.25, 0.3) is 0 Å². The Morgan fingerprint density at radius 2 is 2.08 bits per heavy atom. The molecule has 2 atom stereocenters. The second-order valence-corrected chi connectivity index (χ2v) is 3.86. The molecule has 0 spiro atoms. The lowest BCUT2D eigenvalue weighted by atomic mass is 10.1. The summed E-state index contributed by atoms with van der Waals surface area (Å²) in [5.74, 6) is 0.678. The summed E-state index contributed by atoms with van der Waals surface area (Å²) in [6.07, 6.45) is 1.17. The summed E-state index contributed by atoms with van der Waals surface area (Å²) in [4.78, 5) is 2.11. The lowest BCUT2D eigenvalue weighted by Gasteiger charge is -2.20. The largest absolute Gasteiger partial charge is 0.304 e. The Kier molecular flexibility index (Phi) is 6.14. The fourth-order valence-corrected chi connectivity index (χ4v) is 1.29. The Bertz CT molecular complexity index is 153. The summed E-state index contributed by atoms with van der Waals surface area (Å²) >= 11 is 5.68. The van der Waals surface area contributed by atoms with Gasteiger partial charge in [-0.3, -0.25) is 0 Å². The van der Waals surface area contributed by atoms with E-state index in [1.165, 1.54) is 6.42 Å². The molecule has 0 aromatic rings. The van der Waals surface area contributed by atoms with Crippen LogP contribution in [-0.2, 0) is 0 Å². The van der Waals surface area contributed by atoms with Crippen molar-refractivity contribution in [2.45, 2.75) is 25.6 Å². The van der Waals surface area contributed by atoms with Gasteiger partial charge in [0, 0.05) is 13.1 Å². The van der Waals surface area contributed by atoms with Crippen molar-refractivity contribution in [1.29, 1.82) is 5.26 Å². The van der Waals surface area contributed by atoms with Crippen LogP contribution < -0.4 is 0 Å². The first-order valence-electron chi connectivity index (χ1n) is 4.32. The third kappa shape index (κ3) is 5.40. The normalized spacial score (nSPS) is 15.7. The van der Waals surface area contributed by atoms with E-state index in [1.54, 1.807) is 0 Å². The van der Waals surface area contributed by atoms with Crippen LogP contribution in [0.3, 0.4) is 0 Å². The Morgan fingerprint density at radius 1 is 1.50 bits per heavy atom. The van der Waals surface area contributed by atoms with Crippen LogP contribution in [0.25, 0.3) is 0 Å². The molecule has 0 aromatic carbocycles. The van der Waals surface area contributed by atoms with Crippen LogP contribution in [0.4, 0.5) is 0 Å². The van der Waals surface area contributed by atoms with Gasteiger partial charge in [-0.1, -0.05) is 20.3 Å². The minimum Gasteiger partial charge on any atom is -0.304 e. The number of nitriles is 1. The molecule has 0 saturated heterocycles. The summed E-state index contributed by atoms with van der Waals surface area (Å²) < 4.78 is 0. The van der Waals surface area contributed by atoms with Gasteiger partial charge in [0.1, 0.15) is 5.38 Å². The van der Waals surface area contributed by atoms with Crippen LogP contribution in [0.15, 0.2) is 0 Å². The SMILES string of the molecule is CCC(C)CN(C)CC(Cl)C#N. The fourth-order valence-electron chi connectivity index (χ4n) is 1.05. The molecule has 2 nitrogen and oxygen atoms in total. The lowest BCUT2D eigenvalue weighted by molar-refractivity contribution is 0.289. The Morgan fingerprint density at radius 3 is 2.50 bits per heavy atom. The molecule has 0 bridgehead atoms. The van der Waals surface area contributed by atoms with Gasteiger partial charge in [0.2, 0.25) is 0 Å². The van der Waals surface area contributed by atoms with Crippen molar-refractivity contribution < 1.29 is 0 Å². The molecule has 3 heteroatoms. The van der Waals surface area contributed by atoms with E-state index in [1.807, 2.05) is 13.1 Å². The van der Waals surface area contributed by atoms with Crippen molar-refractivity contribution in [3.8, 4) is 6.07 Å². The predicted molar refractivity (Wildman–Crippen MR) is 52.2 cm³/mol. The van der Waals surface area contributed by atoms with Crippen LogP contribution in [0, 0.1) is 17.2 Å². The first kappa shape index (κ1) is 11.7. The monoisotopic (exact) mass is 188 g/mol. The van der Waals surface area contributed by atoms with Gasteiger partial charge in [-0.05, 0) is 13.0 Å². The smallest absolute Gasteiger partial charge is 0.133 e. The number of alkyl halides is 1. The zero-order valence-corrected chi connectivity index (χ0v) is 8.80. The summed E-state index contributed by atoms with van der Waals surface area (Å²) in [5.41, 5.74) is 0. The molecule has 0 aliphatic heterocycles. The quantitative estimate of drug-likeness (QED) is 0.618. The van der Waals surface area contributed by atoms with Gasteiger partial charge in [0.05, 0.1) is 6.07 Å². The van der Waals surface area contributed by atoms with Gasteiger partial charge in [-0.15, -0.1) is 11.6 Å². The molecule has 0 heterocycles. The van der Waals surface area contributed by atoms with Crippen molar-refractivity contribution in [1.82, 2.24) is 4.90 Å². The third-order valence-corrected chi connectivity index (χ3v) is 2.17. The van der Waals surface area contributed by atoms with E-state index in [4.69, 9.17) is 16.9 Å². The van der Waals surface area contributed by atoms with Crippen LogP contribution in [0.2, 0.25) is 0 Å². The van der Waals surface area contributed by atoms with E-state index in [0.29, 0.717) is 12.5 Å². The molecule has 0 N–H and O–H groups in total. The molecule has 70 valence electrons. The van der Waals surface area contributed by atoms with E-state index in [9.17, 15) is 0 Å². The minimum absolute atomic E-state index is 0.376. The standard InChI is InChI=1S/C9H17ClN2/c1-4-8(2)6-12(3)7-9(10)5-11/h8-9H,4,6-7H2,1-3H3. The summed E-state index contributed by atoms with van der Waals surface area (Å²) in [6.45, 7) is 6.04. The van der Waals surface area contributed by atoms with Gasteiger partial charge < -0.3 is 4.90 Å². The Hall–Kier alpha value is -0.260. The van der Waals surface area contributed by atoms with E-state index in [2.05, 4.69) is 18.7 Å². The first-order chi connectivity index (χ1) is 5.60. The predicted octanol–water partition coefficient (Wildman–Crippen LogP) is 2.10. The number of hydrogen-bond donors (Lipinski definition) is 0. The molecule has 0 radical (unpaired) electrons. The number of hydrogen-bond acceptors (Lipinski definition) is 2. The molecule has 12 heavy (non-hydrogen) atoms. The molecule has 0 aromatic heterocycles. The van der Waals surface area contributed by atoms with Crippen molar-refractivity contribution >= 4 is 11.6 Å². The highest BCUT2D eigenvalue weighted by atomic mass is 35.5. The first-order valence-corrected chi connectivity index (χ1v) is 4.76. The van der Waals surface area contributed by atoms with Crippen LogP contribution in [-0.4, -0.2) is 30.4 Å². The van der Waals surface area contributed by atoms with Crippen molar-refractivity contribution in [2.75, 3.05) is 20.1 Å². The van der Waals surface area contributed by atoms with E-state index in [0.717, 1.165) is 6.54 Å². The van der Waals surface area contributed by atoms with E-state index < -0.39 is 0 Å². The highest BCUT2D eigenvalue weighted by Gasteiger charge is 2.08. The molecular weight excluding hydrogens is 172 g/mol. The molecule has 0 rings (SSSR count). The molecule has 2 unspecified atom stereocenters. The topological polar surface area (TPSA) is 27.0 Å². The maximum Gasteiger partial charge on any atom is 0.133 e. The highest BCUT2D eigenvalue weighted by molar-refractivity contribution is 6.22. The zero-order valence-electron chi connectivity index (χ0n) is 8.05. The number of nitrogens with zero attached hydrogens (tertiary/aromatic N) is 2. The summed E-state index contributed by atoms with van der Waals surface area (Å²) in [6, 6.07) is 2.01. The summed E-state index contributed by atoms with van der Waals surface area (Å²) in [7, 11) is 2.00. The van der Waals surface area contributed by atoms with Gasteiger partial charge in [0.15, 0.2) is 0 Å². The Balaban J connectivity index is 3.60. The molecule has 0 amide bonds. The van der Waals surface area contributed by atoms with Gasteiger partial charge in [-0.2, -0.15) is 5.26 Å². The number of rotatable bonds is 5. The van der Waals surface area contributed by atoms with Crippen molar-refractivity contribution in [3.05, 3.63) is 0 Å². The molecule has 0 saturated carbocycles. The van der Waals surface area contributed by atoms with Crippen LogP contribution in [0.5, 0.6) is 0 Å². The molecular formula is C9H17ClN2. The summed E-state index contributed by atoms with van der Waals surface area (Å²) in [5, 5.41) is 8.09. The fraction of sp³-hybridized carbons (Fsp3) is 0.889. The van der Waals surface area contributed by atoms with Gasteiger partial charge >= 0.3 is 0 Å². The van der Waals surface area contributed by atoms with Crippen molar-refractivity contribution in [2.24, 2.45) is 5.92 Å². The second-order valence-electron chi connectivity index (χ2n) is 3.33. The van der Waals surface area contributed by atoms with Crippen molar-refractivity contribution in [3.63, 3.8) is 0 Å². The maximum atomic E-state index is 8.47. The average Bonchev–Trinajstić information content (AvgIpc) is 2.03. The number of halogens is 1. The lowest BCUT2D eigenvalue weighted by Crippen LogP contribution is -2.29. The van der Waals surface area contributed by atoms with Crippen LogP contribution in [0.1, 0.15) is 20.3 Å². The average molecular weight is 189 g/mol. The van der Waals surface area contributed by atoms with E-state index >= 15 is 0 Å². The zero-order chi connectivity index (χ0) is 9.56. The minimum atomic E-state index is -0.376. The maximum absolute atomic E-state index is 8.47. The molecule has 0 aliphatic carbocycles. The highest BCUT2D eigenvalue weighted by Crippen LogP contribution is 2.04. The van der Waals surface area contributed by atoms with E-state index in [-0.39, 0.29) is 5.38 Å². The van der Waals surface area contributed by atoms with Gasteiger partial charge in [-0.25, -0.2) is 0 Å². The molecule has 0 fully saturated rings. The third-order valence-electron chi connectivity index (χ3n) is 1.93. The second kappa shape index (κ2) is 6.28. The van der Waals surface area contributed by atoms with Crippen LogP contribution >= 0.6 is 11.6 Å². The molecule has 0 aliphatic rings.